The first-order valence-corrected chi connectivity index (χ1v) is 5.78. The van der Waals surface area contributed by atoms with Crippen LogP contribution in [0.15, 0.2) is 18.2 Å². The first-order valence-electron chi connectivity index (χ1n) is 5.40. The molecule has 0 radical (unpaired) electrons. The largest absolute Gasteiger partial charge is 0.394 e. The lowest BCUT2D eigenvalue weighted by Gasteiger charge is -2.21. The van der Waals surface area contributed by atoms with Gasteiger partial charge >= 0.3 is 0 Å². The van der Waals surface area contributed by atoms with Gasteiger partial charge in [-0.3, -0.25) is 0 Å². The van der Waals surface area contributed by atoms with E-state index < -0.39 is 5.82 Å². The van der Waals surface area contributed by atoms with Gasteiger partial charge in [0.1, 0.15) is 5.82 Å². The van der Waals surface area contributed by atoms with Crippen molar-refractivity contribution < 1.29 is 9.50 Å². The van der Waals surface area contributed by atoms with Crippen molar-refractivity contribution in [3.63, 3.8) is 0 Å². The molecule has 1 aromatic carbocycles. The standard InChI is InChI=1S/C12H17ClFNO/c1-3-8(2)15-12(7-16)9-4-5-11(14)10(13)6-9/h4-6,8,12,15-16H,3,7H2,1-2H3. The zero-order valence-electron chi connectivity index (χ0n) is 9.50. The van der Waals surface area contributed by atoms with E-state index in [4.69, 9.17) is 11.6 Å². The van der Waals surface area contributed by atoms with E-state index in [1.54, 1.807) is 12.1 Å². The monoisotopic (exact) mass is 245 g/mol. The van der Waals surface area contributed by atoms with Crippen molar-refractivity contribution in [1.82, 2.24) is 5.32 Å². The van der Waals surface area contributed by atoms with E-state index in [1.807, 2.05) is 6.92 Å². The zero-order valence-corrected chi connectivity index (χ0v) is 10.3. The van der Waals surface area contributed by atoms with Crippen molar-refractivity contribution in [2.75, 3.05) is 6.61 Å². The van der Waals surface area contributed by atoms with Crippen LogP contribution in [-0.2, 0) is 0 Å². The molecule has 0 saturated heterocycles. The third-order valence-electron chi connectivity index (χ3n) is 2.63. The number of aliphatic hydroxyl groups is 1. The highest BCUT2D eigenvalue weighted by atomic mass is 35.5. The minimum absolute atomic E-state index is 0.0354. The summed E-state index contributed by atoms with van der Waals surface area (Å²) in [5.41, 5.74) is 0.800. The van der Waals surface area contributed by atoms with Gasteiger partial charge in [-0.25, -0.2) is 4.39 Å². The number of benzene rings is 1. The number of rotatable bonds is 5. The van der Waals surface area contributed by atoms with Crippen molar-refractivity contribution >= 4 is 11.6 Å². The molecule has 0 spiro atoms. The van der Waals surface area contributed by atoms with Crippen LogP contribution in [-0.4, -0.2) is 17.8 Å². The highest BCUT2D eigenvalue weighted by Crippen LogP contribution is 2.21. The lowest BCUT2D eigenvalue weighted by atomic mass is 10.1. The molecular formula is C12H17ClFNO. The van der Waals surface area contributed by atoms with E-state index in [2.05, 4.69) is 12.2 Å². The van der Waals surface area contributed by atoms with Crippen LogP contribution in [0.1, 0.15) is 31.9 Å². The molecule has 0 aliphatic heterocycles. The summed E-state index contributed by atoms with van der Waals surface area (Å²) in [5.74, 6) is -0.439. The minimum atomic E-state index is -0.439. The van der Waals surface area contributed by atoms with E-state index in [1.165, 1.54) is 6.07 Å². The molecule has 0 amide bonds. The molecule has 2 unspecified atom stereocenters. The Bertz CT molecular complexity index is 346. The predicted octanol–water partition coefficient (Wildman–Crippen LogP) is 2.90. The molecule has 1 aromatic rings. The van der Waals surface area contributed by atoms with Crippen molar-refractivity contribution in [3.05, 3.63) is 34.6 Å². The topological polar surface area (TPSA) is 32.3 Å². The van der Waals surface area contributed by atoms with Crippen molar-refractivity contribution in [3.8, 4) is 0 Å². The average molecular weight is 246 g/mol. The molecule has 2 N–H and O–H groups in total. The van der Waals surface area contributed by atoms with E-state index in [-0.39, 0.29) is 17.7 Å². The molecule has 0 fully saturated rings. The fraction of sp³-hybridized carbons (Fsp3) is 0.500. The van der Waals surface area contributed by atoms with Crippen molar-refractivity contribution in [2.24, 2.45) is 0 Å². The third-order valence-corrected chi connectivity index (χ3v) is 2.92. The van der Waals surface area contributed by atoms with Crippen molar-refractivity contribution in [1.29, 1.82) is 0 Å². The van der Waals surface area contributed by atoms with Gasteiger partial charge in [-0.1, -0.05) is 24.6 Å². The molecule has 0 heterocycles. The molecular weight excluding hydrogens is 229 g/mol. The molecule has 0 aliphatic carbocycles. The molecule has 1 rings (SSSR count). The van der Waals surface area contributed by atoms with Crippen LogP contribution in [0, 0.1) is 5.82 Å². The minimum Gasteiger partial charge on any atom is -0.394 e. The maximum Gasteiger partial charge on any atom is 0.141 e. The smallest absolute Gasteiger partial charge is 0.141 e. The van der Waals surface area contributed by atoms with E-state index in [0.717, 1.165) is 12.0 Å². The van der Waals surface area contributed by atoms with Gasteiger partial charge in [0, 0.05) is 6.04 Å². The molecule has 2 nitrogen and oxygen atoms in total. The lowest BCUT2D eigenvalue weighted by molar-refractivity contribution is 0.234. The first kappa shape index (κ1) is 13.4. The normalized spacial score (nSPS) is 14.8. The Balaban J connectivity index is 2.82. The lowest BCUT2D eigenvalue weighted by Crippen LogP contribution is -2.32. The Morgan fingerprint density at radius 2 is 2.19 bits per heavy atom. The van der Waals surface area contributed by atoms with Gasteiger partial charge in [0.15, 0.2) is 0 Å². The number of nitrogens with one attached hydrogen (secondary N) is 1. The third kappa shape index (κ3) is 3.44. The molecule has 2 atom stereocenters. The molecule has 0 bridgehead atoms. The molecule has 0 aliphatic rings. The summed E-state index contributed by atoms with van der Waals surface area (Å²) < 4.78 is 13.0. The van der Waals surface area contributed by atoms with Gasteiger partial charge in [-0.15, -0.1) is 0 Å². The fourth-order valence-electron chi connectivity index (χ4n) is 1.44. The highest BCUT2D eigenvalue weighted by Gasteiger charge is 2.13. The van der Waals surface area contributed by atoms with Crippen LogP contribution in [0.4, 0.5) is 4.39 Å². The maximum atomic E-state index is 13.0. The maximum absolute atomic E-state index is 13.0. The summed E-state index contributed by atoms with van der Waals surface area (Å²) in [6.45, 7) is 4.06. The van der Waals surface area contributed by atoms with E-state index in [9.17, 15) is 9.50 Å². The van der Waals surface area contributed by atoms with E-state index in [0.29, 0.717) is 6.04 Å². The second-order valence-electron chi connectivity index (χ2n) is 3.88. The summed E-state index contributed by atoms with van der Waals surface area (Å²) in [6, 6.07) is 4.59. The highest BCUT2D eigenvalue weighted by molar-refractivity contribution is 6.30. The fourth-order valence-corrected chi connectivity index (χ4v) is 1.63. The Hall–Kier alpha value is -0.640. The first-order chi connectivity index (χ1) is 7.58. The Morgan fingerprint density at radius 1 is 1.50 bits per heavy atom. The SMILES string of the molecule is CCC(C)NC(CO)c1ccc(F)c(Cl)c1. The Kier molecular flexibility index (Phi) is 5.19. The number of aliphatic hydroxyl groups excluding tert-OH is 1. The summed E-state index contributed by atoms with van der Waals surface area (Å²) in [7, 11) is 0. The van der Waals surface area contributed by atoms with Crippen LogP contribution in [0.3, 0.4) is 0 Å². The van der Waals surface area contributed by atoms with Crippen LogP contribution < -0.4 is 5.32 Å². The second-order valence-corrected chi connectivity index (χ2v) is 4.29. The average Bonchev–Trinajstić information content (AvgIpc) is 2.29. The molecule has 90 valence electrons. The summed E-state index contributed by atoms with van der Waals surface area (Å²) in [6.07, 6.45) is 0.964. The van der Waals surface area contributed by atoms with Gasteiger partial charge in [0.2, 0.25) is 0 Å². The van der Waals surface area contributed by atoms with Crippen LogP contribution in [0.25, 0.3) is 0 Å². The number of hydrogen-bond acceptors (Lipinski definition) is 2. The van der Waals surface area contributed by atoms with Crippen LogP contribution in [0.2, 0.25) is 5.02 Å². The van der Waals surface area contributed by atoms with E-state index >= 15 is 0 Å². The van der Waals surface area contributed by atoms with Gasteiger partial charge in [0.25, 0.3) is 0 Å². The van der Waals surface area contributed by atoms with Gasteiger partial charge in [0.05, 0.1) is 17.7 Å². The van der Waals surface area contributed by atoms with Crippen LogP contribution in [0.5, 0.6) is 0 Å². The molecule has 0 saturated carbocycles. The zero-order chi connectivity index (χ0) is 12.1. The summed E-state index contributed by atoms with van der Waals surface area (Å²) >= 11 is 5.70. The van der Waals surface area contributed by atoms with Crippen molar-refractivity contribution in [2.45, 2.75) is 32.4 Å². The molecule has 0 aromatic heterocycles. The number of hydrogen-bond donors (Lipinski definition) is 2. The molecule has 16 heavy (non-hydrogen) atoms. The Morgan fingerprint density at radius 3 is 2.69 bits per heavy atom. The predicted molar refractivity (Wildman–Crippen MR) is 64.1 cm³/mol. The van der Waals surface area contributed by atoms with Gasteiger partial charge in [-0.05, 0) is 31.0 Å². The Labute approximate surface area is 100 Å². The summed E-state index contributed by atoms with van der Waals surface area (Å²) in [5, 5.41) is 12.6. The summed E-state index contributed by atoms with van der Waals surface area (Å²) in [4.78, 5) is 0. The van der Waals surface area contributed by atoms with Gasteiger partial charge in [-0.2, -0.15) is 0 Å². The van der Waals surface area contributed by atoms with Gasteiger partial charge < -0.3 is 10.4 Å². The number of halogens is 2. The second kappa shape index (κ2) is 6.18. The molecule has 4 heteroatoms. The quantitative estimate of drug-likeness (QED) is 0.836. The van der Waals surface area contributed by atoms with Crippen LogP contribution >= 0.6 is 11.6 Å².